The maximum atomic E-state index is 13.9. The Kier molecular flexibility index (Phi) is 10.6. The third-order valence-electron chi connectivity index (χ3n) is 6.60. The first-order valence-corrected chi connectivity index (χ1v) is 14.6. The Morgan fingerprint density at radius 1 is 0.872 bits per heavy atom. The lowest BCUT2D eigenvalue weighted by Gasteiger charge is -2.33. The molecule has 0 fully saturated rings. The Hall–Kier alpha value is -3.72. The Bertz CT molecular complexity index is 1320. The highest BCUT2D eigenvalue weighted by molar-refractivity contribution is 7.92. The number of sulfonamides is 1. The number of benzene rings is 3. The number of carbonyl (C=O) groups is 2. The normalized spacial score (nSPS) is 12.8. The van der Waals surface area contributed by atoms with E-state index in [-0.39, 0.29) is 29.1 Å². The molecular weight excluding hydrogens is 517 g/mol. The van der Waals surface area contributed by atoms with Crippen molar-refractivity contribution in [1.29, 1.82) is 0 Å². The monoisotopic (exact) mass is 553 g/mol. The van der Waals surface area contributed by atoms with Crippen molar-refractivity contribution in [2.75, 3.05) is 17.4 Å². The van der Waals surface area contributed by atoms with Crippen molar-refractivity contribution in [3.05, 3.63) is 96.3 Å². The lowest BCUT2D eigenvalue weighted by Crippen LogP contribution is -2.54. The van der Waals surface area contributed by atoms with E-state index in [9.17, 15) is 22.4 Å². The van der Waals surface area contributed by atoms with Gasteiger partial charge in [-0.25, -0.2) is 12.8 Å². The van der Waals surface area contributed by atoms with E-state index in [1.807, 2.05) is 51.1 Å². The molecule has 0 unspecified atom stereocenters. The molecule has 3 aromatic carbocycles. The molecule has 0 saturated heterocycles. The van der Waals surface area contributed by atoms with E-state index in [0.717, 1.165) is 28.4 Å². The second kappa shape index (κ2) is 13.9. The third-order valence-corrected chi connectivity index (χ3v) is 8.38. The summed E-state index contributed by atoms with van der Waals surface area (Å²) in [4.78, 5) is 28.5. The zero-order valence-electron chi connectivity index (χ0n) is 22.6. The molecule has 1 N–H and O–H groups in total. The van der Waals surface area contributed by atoms with E-state index in [0.29, 0.717) is 12.8 Å². The highest BCUT2D eigenvalue weighted by atomic mass is 32.2. The Balaban J connectivity index is 1.98. The maximum absolute atomic E-state index is 13.9. The summed E-state index contributed by atoms with van der Waals surface area (Å²) in [5.41, 5.74) is 1.28. The molecule has 9 heteroatoms. The fourth-order valence-corrected chi connectivity index (χ4v) is 5.61. The van der Waals surface area contributed by atoms with Gasteiger partial charge >= 0.3 is 0 Å². The molecule has 0 radical (unpaired) electrons. The van der Waals surface area contributed by atoms with Gasteiger partial charge in [-0.1, -0.05) is 62.4 Å². The number of halogens is 1. The quantitative estimate of drug-likeness (QED) is 0.330. The topological polar surface area (TPSA) is 86.8 Å². The highest BCUT2D eigenvalue weighted by Crippen LogP contribution is 2.24. The van der Waals surface area contributed by atoms with Crippen LogP contribution < -0.4 is 9.62 Å². The standard InChI is InChI=1S/C30H36FN3O4S/c1-4-23(3)32-30(36)28(5-2)33(21-20-24-12-8-6-9-13-24)29(35)22-34(26-14-10-7-11-15-26)39(37,38)27-18-16-25(31)17-19-27/h6-19,23,28H,4-5,20-22H2,1-3H3,(H,32,36)/t23-,28+/m0/s1. The van der Waals surface area contributed by atoms with Crippen molar-refractivity contribution in [2.24, 2.45) is 0 Å². The molecule has 0 aliphatic heterocycles. The number of hydrogen-bond acceptors (Lipinski definition) is 4. The van der Waals surface area contributed by atoms with Crippen LogP contribution >= 0.6 is 0 Å². The summed E-state index contributed by atoms with van der Waals surface area (Å²) in [6.07, 6.45) is 1.59. The Morgan fingerprint density at radius 3 is 2.03 bits per heavy atom. The third kappa shape index (κ3) is 7.89. The average molecular weight is 554 g/mol. The summed E-state index contributed by atoms with van der Waals surface area (Å²) in [6, 6.07) is 21.5. The molecule has 7 nitrogen and oxygen atoms in total. The van der Waals surface area contributed by atoms with Crippen molar-refractivity contribution >= 4 is 27.5 Å². The van der Waals surface area contributed by atoms with Crippen LogP contribution in [0.2, 0.25) is 0 Å². The number of rotatable bonds is 13. The summed E-state index contributed by atoms with van der Waals surface area (Å²) in [5, 5.41) is 2.96. The molecule has 2 amide bonds. The predicted octanol–water partition coefficient (Wildman–Crippen LogP) is 4.79. The SMILES string of the molecule is CC[C@H](C(=O)N[C@@H](C)CC)N(CCc1ccccc1)C(=O)CN(c1ccccc1)S(=O)(=O)c1ccc(F)cc1. The van der Waals surface area contributed by atoms with Crippen LogP contribution in [0.3, 0.4) is 0 Å². The number of hydrogen-bond donors (Lipinski definition) is 1. The molecule has 208 valence electrons. The van der Waals surface area contributed by atoms with Crippen LogP contribution in [0, 0.1) is 5.82 Å². The molecule has 0 heterocycles. The fourth-order valence-electron chi connectivity index (χ4n) is 4.19. The van der Waals surface area contributed by atoms with Crippen LogP contribution in [0.15, 0.2) is 89.8 Å². The first kappa shape index (κ1) is 29.8. The van der Waals surface area contributed by atoms with Gasteiger partial charge in [-0.15, -0.1) is 0 Å². The van der Waals surface area contributed by atoms with Gasteiger partial charge in [0.15, 0.2) is 0 Å². The Morgan fingerprint density at radius 2 is 1.46 bits per heavy atom. The number of para-hydroxylation sites is 1. The van der Waals surface area contributed by atoms with Crippen LogP contribution in [-0.4, -0.2) is 50.3 Å². The second-order valence-electron chi connectivity index (χ2n) is 9.37. The zero-order valence-corrected chi connectivity index (χ0v) is 23.4. The van der Waals surface area contributed by atoms with Gasteiger partial charge in [0.1, 0.15) is 18.4 Å². The van der Waals surface area contributed by atoms with Crippen LogP contribution in [0.5, 0.6) is 0 Å². The van der Waals surface area contributed by atoms with E-state index >= 15 is 0 Å². The minimum Gasteiger partial charge on any atom is -0.352 e. The van der Waals surface area contributed by atoms with Crippen molar-refractivity contribution in [2.45, 2.75) is 57.0 Å². The van der Waals surface area contributed by atoms with Gasteiger partial charge in [-0.05, 0) is 68.1 Å². The van der Waals surface area contributed by atoms with Gasteiger partial charge in [-0.3, -0.25) is 13.9 Å². The molecule has 0 spiro atoms. The fraction of sp³-hybridized carbons (Fsp3) is 0.333. The molecule has 0 aliphatic rings. The predicted molar refractivity (Wildman–Crippen MR) is 151 cm³/mol. The number of carbonyl (C=O) groups excluding carboxylic acids is 2. The van der Waals surface area contributed by atoms with Crippen LogP contribution in [0.1, 0.15) is 39.2 Å². The van der Waals surface area contributed by atoms with Gasteiger partial charge in [0.2, 0.25) is 11.8 Å². The summed E-state index contributed by atoms with van der Waals surface area (Å²) in [7, 11) is -4.22. The first-order valence-electron chi connectivity index (χ1n) is 13.1. The van der Waals surface area contributed by atoms with E-state index < -0.39 is 34.3 Å². The summed E-state index contributed by atoms with van der Waals surface area (Å²) < 4.78 is 41.9. The molecule has 0 saturated carbocycles. The molecular formula is C30H36FN3O4S. The number of nitrogens with zero attached hydrogens (tertiary/aromatic N) is 2. The number of anilines is 1. The lowest BCUT2D eigenvalue weighted by molar-refractivity contribution is -0.139. The van der Waals surface area contributed by atoms with Crippen molar-refractivity contribution in [3.8, 4) is 0 Å². The summed E-state index contributed by atoms with van der Waals surface area (Å²) in [5.74, 6) is -1.35. The molecule has 2 atom stereocenters. The first-order chi connectivity index (χ1) is 18.7. The van der Waals surface area contributed by atoms with Gasteiger partial charge in [0.25, 0.3) is 10.0 Å². The number of amides is 2. The van der Waals surface area contributed by atoms with Gasteiger partial charge in [0.05, 0.1) is 10.6 Å². The van der Waals surface area contributed by atoms with Gasteiger partial charge < -0.3 is 10.2 Å². The van der Waals surface area contributed by atoms with Gasteiger partial charge in [-0.2, -0.15) is 0 Å². The summed E-state index contributed by atoms with van der Waals surface area (Å²) in [6.45, 7) is 5.39. The van der Waals surface area contributed by atoms with Crippen LogP contribution in [0.4, 0.5) is 10.1 Å². The Labute approximate surface area is 230 Å². The lowest BCUT2D eigenvalue weighted by atomic mass is 10.1. The maximum Gasteiger partial charge on any atom is 0.264 e. The van der Waals surface area contributed by atoms with Gasteiger partial charge in [0, 0.05) is 12.6 Å². The second-order valence-corrected chi connectivity index (χ2v) is 11.2. The molecule has 3 rings (SSSR count). The average Bonchev–Trinajstić information content (AvgIpc) is 2.94. The van der Waals surface area contributed by atoms with Crippen LogP contribution in [0.25, 0.3) is 0 Å². The highest BCUT2D eigenvalue weighted by Gasteiger charge is 2.33. The molecule has 3 aromatic rings. The molecule has 39 heavy (non-hydrogen) atoms. The van der Waals surface area contributed by atoms with Crippen LogP contribution in [-0.2, 0) is 26.0 Å². The molecule has 0 aromatic heterocycles. The summed E-state index contributed by atoms with van der Waals surface area (Å²) >= 11 is 0. The van der Waals surface area contributed by atoms with E-state index in [2.05, 4.69) is 5.32 Å². The minimum atomic E-state index is -4.22. The largest absolute Gasteiger partial charge is 0.352 e. The molecule has 0 bridgehead atoms. The smallest absolute Gasteiger partial charge is 0.264 e. The molecule has 0 aliphatic carbocycles. The van der Waals surface area contributed by atoms with E-state index in [1.54, 1.807) is 30.3 Å². The van der Waals surface area contributed by atoms with Crippen molar-refractivity contribution in [1.82, 2.24) is 10.2 Å². The zero-order chi connectivity index (χ0) is 28.4. The van der Waals surface area contributed by atoms with Crippen molar-refractivity contribution < 1.29 is 22.4 Å². The van der Waals surface area contributed by atoms with Crippen molar-refractivity contribution in [3.63, 3.8) is 0 Å². The minimum absolute atomic E-state index is 0.0719. The van der Waals surface area contributed by atoms with E-state index in [4.69, 9.17) is 0 Å². The number of nitrogens with one attached hydrogen (secondary N) is 1. The van der Waals surface area contributed by atoms with E-state index in [1.165, 1.54) is 17.0 Å².